The Kier molecular flexibility index (Phi) is 6.30. The van der Waals surface area contributed by atoms with Crippen LogP contribution in [0.3, 0.4) is 0 Å². The van der Waals surface area contributed by atoms with E-state index in [1.807, 2.05) is 44.2 Å². The van der Waals surface area contributed by atoms with Crippen molar-refractivity contribution in [2.75, 3.05) is 31.1 Å². The number of nitrogens with zero attached hydrogens (tertiary/aromatic N) is 3. The van der Waals surface area contributed by atoms with E-state index in [0.29, 0.717) is 10.0 Å². The zero-order valence-electron chi connectivity index (χ0n) is 15.0. The van der Waals surface area contributed by atoms with Gasteiger partial charge in [-0.15, -0.1) is 0 Å². The van der Waals surface area contributed by atoms with Crippen LogP contribution < -0.4 is 10.2 Å². The summed E-state index contributed by atoms with van der Waals surface area (Å²) >= 11 is 12.5. The number of halogens is 2. The third kappa shape index (κ3) is 3.93. The fourth-order valence-corrected chi connectivity index (χ4v) is 3.44. The van der Waals surface area contributed by atoms with Crippen molar-refractivity contribution in [2.24, 2.45) is 0 Å². The molecule has 0 spiro atoms. The maximum absolute atomic E-state index is 6.50. The standard InChI is InChI=1S/C18H16Cl2N4.C2H6/c19-13-3-1-12(2-4-13)14-9-15-17(10-16(14)20)22-11-23-18(15)24-7-5-21-6-8-24;1-2/h1-4,9-11,21H,5-8H2;1-2H3. The number of hydrogen-bond acceptors (Lipinski definition) is 4. The highest BCUT2D eigenvalue weighted by Gasteiger charge is 2.17. The molecule has 0 bridgehead atoms. The van der Waals surface area contributed by atoms with Crippen LogP contribution >= 0.6 is 23.2 Å². The van der Waals surface area contributed by atoms with Crippen LogP contribution in [-0.4, -0.2) is 36.1 Å². The molecule has 136 valence electrons. The Hall–Kier alpha value is -1.88. The molecule has 1 aliphatic heterocycles. The van der Waals surface area contributed by atoms with Crippen molar-refractivity contribution in [3.8, 4) is 11.1 Å². The van der Waals surface area contributed by atoms with E-state index in [-0.39, 0.29) is 0 Å². The molecule has 0 aliphatic carbocycles. The van der Waals surface area contributed by atoms with Gasteiger partial charge >= 0.3 is 0 Å². The number of piperazine rings is 1. The number of nitrogens with one attached hydrogen (secondary N) is 1. The van der Waals surface area contributed by atoms with Crippen molar-refractivity contribution in [2.45, 2.75) is 13.8 Å². The van der Waals surface area contributed by atoms with Gasteiger partial charge < -0.3 is 10.2 Å². The first-order valence-electron chi connectivity index (χ1n) is 8.88. The minimum absolute atomic E-state index is 0.676. The van der Waals surface area contributed by atoms with Gasteiger partial charge in [0.25, 0.3) is 0 Å². The first-order chi connectivity index (χ1) is 12.7. The molecule has 2 heterocycles. The molecule has 4 nitrogen and oxygen atoms in total. The lowest BCUT2D eigenvalue weighted by atomic mass is 10.0. The van der Waals surface area contributed by atoms with Gasteiger partial charge in [-0.25, -0.2) is 9.97 Å². The van der Waals surface area contributed by atoms with Gasteiger partial charge in [0.1, 0.15) is 12.1 Å². The van der Waals surface area contributed by atoms with Crippen molar-refractivity contribution in [3.63, 3.8) is 0 Å². The first kappa shape index (κ1) is 18.9. The number of hydrogen-bond donors (Lipinski definition) is 1. The topological polar surface area (TPSA) is 41.0 Å². The Bertz CT molecular complexity index is 875. The van der Waals surface area contributed by atoms with Crippen LogP contribution in [0, 0.1) is 0 Å². The number of benzene rings is 2. The predicted octanol–water partition coefficient (Wildman–Crippen LogP) is 5.04. The average molecular weight is 389 g/mol. The highest BCUT2D eigenvalue weighted by molar-refractivity contribution is 6.34. The van der Waals surface area contributed by atoms with Gasteiger partial charge in [0, 0.05) is 42.2 Å². The number of aromatic nitrogens is 2. The fourth-order valence-electron chi connectivity index (χ4n) is 3.04. The molecule has 1 N–H and O–H groups in total. The Labute approximate surface area is 164 Å². The molecular weight excluding hydrogens is 367 g/mol. The second kappa shape index (κ2) is 8.67. The lowest BCUT2D eigenvalue weighted by Crippen LogP contribution is -2.44. The van der Waals surface area contributed by atoms with Crippen LogP contribution in [0.15, 0.2) is 42.7 Å². The van der Waals surface area contributed by atoms with Crippen molar-refractivity contribution >= 4 is 39.9 Å². The summed E-state index contributed by atoms with van der Waals surface area (Å²) < 4.78 is 0. The van der Waals surface area contributed by atoms with Gasteiger partial charge in [-0.1, -0.05) is 49.2 Å². The summed E-state index contributed by atoms with van der Waals surface area (Å²) in [6, 6.07) is 11.7. The van der Waals surface area contributed by atoms with Crippen molar-refractivity contribution in [1.82, 2.24) is 15.3 Å². The van der Waals surface area contributed by atoms with Crippen LogP contribution in [0.4, 0.5) is 5.82 Å². The highest BCUT2D eigenvalue weighted by Crippen LogP contribution is 2.35. The molecule has 6 heteroatoms. The van der Waals surface area contributed by atoms with Gasteiger partial charge in [-0.2, -0.15) is 0 Å². The molecule has 0 radical (unpaired) electrons. The second-order valence-electron chi connectivity index (χ2n) is 5.79. The summed E-state index contributed by atoms with van der Waals surface area (Å²) in [6.07, 6.45) is 1.61. The monoisotopic (exact) mass is 388 g/mol. The first-order valence-corrected chi connectivity index (χ1v) is 9.64. The quantitative estimate of drug-likeness (QED) is 0.667. The Morgan fingerprint density at radius 1 is 0.962 bits per heavy atom. The Balaban J connectivity index is 0.000000948. The fraction of sp³-hybridized carbons (Fsp3) is 0.300. The smallest absolute Gasteiger partial charge is 0.139 e. The molecule has 1 aromatic heterocycles. The van der Waals surface area contributed by atoms with Crippen molar-refractivity contribution in [1.29, 1.82) is 0 Å². The summed E-state index contributed by atoms with van der Waals surface area (Å²) in [4.78, 5) is 11.2. The van der Waals surface area contributed by atoms with Gasteiger partial charge in [0.15, 0.2) is 0 Å². The normalized spacial score (nSPS) is 14.1. The van der Waals surface area contributed by atoms with Crippen molar-refractivity contribution in [3.05, 3.63) is 52.8 Å². The lowest BCUT2D eigenvalue weighted by Gasteiger charge is -2.29. The number of anilines is 1. The van der Waals surface area contributed by atoms with E-state index in [9.17, 15) is 0 Å². The minimum atomic E-state index is 0.676. The summed E-state index contributed by atoms with van der Waals surface area (Å²) in [7, 11) is 0. The summed E-state index contributed by atoms with van der Waals surface area (Å²) in [5, 5.41) is 5.77. The third-order valence-electron chi connectivity index (χ3n) is 4.27. The van der Waals surface area contributed by atoms with Crippen LogP contribution in [0.1, 0.15) is 13.8 Å². The SMILES string of the molecule is CC.Clc1ccc(-c2cc3c(N4CCNCC4)ncnc3cc2Cl)cc1. The van der Waals surface area contributed by atoms with E-state index in [1.54, 1.807) is 6.33 Å². The van der Waals surface area contributed by atoms with E-state index >= 15 is 0 Å². The van der Waals surface area contributed by atoms with Crippen LogP contribution in [0.25, 0.3) is 22.0 Å². The molecule has 0 atom stereocenters. The van der Waals surface area contributed by atoms with Crippen LogP contribution in [0.2, 0.25) is 10.0 Å². The second-order valence-corrected chi connectivity index (χ2v) is 6.63. The van der Waals surface area contributed by atoms with E-state index in [2.05, 4.69) is 26.3 Å². The van der Waals surface area contributed by atoms with Crippen LogP contribution in [-0.2, 0) is 0 Å². The van der Waals surface area contributed by atoms with Gasteiger partial charge in [-0.05, 0) is 29.8 Å². The minimum Gasteiger partial charge on any atom is -0.353 e. The Morgan fingerprint density at radius 3 is 2.35 bits per heavy atom. The Morgan fingerprint density at radius 2 is 1.65 bits per heavy atom. The zero-order valence-corrected chi connectivity index (χ0v) is 16.5. The maximum atomic E-state index is 6.50. The van der Waals surface area contributed by atoms with Gasteiger partial charge in [0.05, 0.1) is 10.5 Å². The molecule has 0 amide bonds. The summed E-state index contributed by atoms with van der Waals surface area (Å²) in [6.45, 7) is 7.79. The molecule has 1 saturated heterocycles. The van der Waals surface area contributed by atoms with E-state index in [1.165, 1.54) is 0 Å². The molecule has 26 heavy (non-hydrogen) atoms. The summed E-state index contributed by atoms with van der Waals surface area (Å²) in [5.41, 5.74) is 2.86. The number of fused-ring (bicyclic) bond motifs is 1. The summed E-state index contributed by atoms with van der Waals surface area (Å²) in [5.74, 6) is 0.966. The van der Waals surface area contributed by atoms with Gasteiger partial charge in [-0.3, -0.25) is 0 Å². The van der Waals surface area contributed by atoms with Crippen LogP contribution in [0.5, 0.6) is 0 Å². The zero-order chi connectivity index (χ0) is 18.5. The van der Waals surface area contributed by atoms with E-state index < -0.39 is 0 Å². The molecule has 0 saturated carbocycles. The molecular formula is C20H22Cl2N4. The average Bonchev–Trinajstić information content (AvgIpc) is 2.70. The van der Waals surface area contributed by atoms with Gasteiger partial charge in [0.2, 0.25) is 0 Å². The third-order valence-corrected chi connectivity index (χ3v) is 4.84. The molecule has 0 unspecified atom stereocenters. The highest BCUT2D eigenvalue weighted by atomic mass is 35.5. The maximum Gasteiger partial charge on any atom is 0.139 e. The molecule has 1 aliphatic rings. The van der Waals surface area contributed by atoms with E-state index in [4.69, 9.17) is 23.2 Å². The molecule has 2 aromatic carbocycles. The largest absolute Gasteiger partial charge is 0.353 e. The van der Waals surface area contributed by atoms with E-state index in [0.717, 1.165) is 54.0 Å². The lowest BCUT2D eigenvalue weighted by molar-refractivity contribution is 0.586. The molecule has 1 fully saturated rings. The number of rotatable bonds is 2. The molecule has 4 rings (SSSR count). The molecule has 3 aromatic rings. The predicted molar refractivity (Wildman–Crippen MR) is 111 cm³/mol. The van der Waals surface area contributed by atoms with Crippen molar-refractivity contribution < 1.29 is 0 Å².